The van der Waals surface area contributed by atoms with Crippen LogP contribution in [0.2, 0.25) is 0 Å². The molecule has 0 aromatic heterocycles. The van der Waals surface area contributed by atoms with Crippen molar-refractivity contribution in [1.29, 1.82) is 0 Å². The van der Waals surface area contributed by atoms with E-state index < -0.39 is 11.7 Å². The van der Waals surface area contributed by atoms with Gasteiger partial charge in [0, 0.05) is 18.1 Å². The van der Waals surface area contributed by atoms with Crippen LogP contribution in [0.1, 0.15) is 34.7 Å². The number of benzene rings is 2. The Kier molecular flexibility index (Phi) is 5.30. The van der Waals surface area contributed by atoms with Crippen LogP contribution in [0.3, 0.4) is 0 Å². The van der Waals surface area contributed by atoms with Gasteiger partial charge in [0.15, 0.2) is 0 Å². The smallest absolute Gasteiger partial charge is 0.324 e. The van der Waals surface area contributed by atoms with Crippen LogP contribution in [0, 0.1) is 26.6 Å². The fourth-order valence-corrected chi connectivity index (χ4v) is 4.59. The van der Waals surface area contributed by atoms with Crippen LogP contribution >= 0.6 is 0 Å². The van der Waals surface area contributed by atoms with Crippen LogP contribution in [0.4, 0.5) is 14.9 Å². The Labute approximate surface area is 192 Å². The van der Waals surface area contributed by atoms with E-state index in [1.165, 1.54) is 33.8 Å². The number of hydrogen-bond donors (Lipinski definition) is 3. The monoisotopic (exact) mass is 450 g/mol. The molecular formula is C24H27FN6O2. The Balaban J connectivity index is 1.27. The van der Waals surface area contributed by atoms with Crippen LogP contribution in [-0.4, -0.2) is 45.6 Å². The minimum atomic E-state index is -0.430. The van der Waals surface area contributed by atoms with Gasteiger partial charge in [0.2, 0.25) is 5.91 Å². The molecular weight excluding hydrogens is 423 g/mol. The maximum Gasteiger partial charge on any atom is 0.340 e. The molecule has 5 rings (SSSR count). The second kappa shape index (κ2) is 8.17. The lowest BCUT2D eigenvalue weighted by atomic mass is 9.97. The van der Waals surface area contributed by atoms with Gasteiger partial charge in [-0.1, -0.05) is 24.3 Å². The van der Waals surface area contributed by atoms with Gasteiger partial charge >= 0.3 is 6.03 Å². The quantitative estimate of drug-likeness (QED) is 0.667. The zero-order chi connectivity index (χ0) is 23.3. The SMILES string of the molecule is Cc1ccc(C2CC3C4NN(CC(=O)Nc5cc(F)ccc5C)C(=O)N4C=CN3N2)cc1C. The third-order valence-electron chi connectivity index (χ3n) is 6.64. The number of rotatable bonds is 4. The summed E-state index contributed by atoms with van der Waals surface area (Å²) in [5, 5.41) is 6.03. The second-order valence-corrected chi connectivity index (χ2v) is 8.89. The molecule has 2 fully saturated rings. The molecule has 0 aliphatic carbocycles. The fraction of sp³-hybridized carbons (Fsp3) is 0.333. The standard InChI is InChI=1S/C24H27FN6O2/c1-14-4-6-17(10-16(14)3)20-12-21-23-28-31(24(33)29(23)8-9-30(21)27-20)13-22(32)26-19-11-18(25)7-5-15(19)2/h4-11,20-21,23,27-28H,12-13H2,1-3H3,(H,26,32). The summed E-state index contributed by atoms with van der Waals surface area (Å²) < 4.78 is 13.5. The summed E-state index contributed by atoms with van der Waals surface area (Å²) in [6, 6.07) is 10.5. The van der Waals surface area contributed by atoms with Gasteiger partial charge in [0.1, 0.15) is 18.5 Å². The highest BCUT2D eigenvalue weighted by molar-refractivity contribution is 5.95. The van der Waals surface area contributed by atoms with Crippen molar-refractivity contribution in [3.05, 3.63) is 76.9 Å². The normalized spacial score (nSPS) is 23.7. The molecule has 3 atom stereocenters. The largest absolute Gasteiger partial charge is 0.340 e. The highest BCUT2D eigenvalue weighted by Gasteiger charge is 2.48. The number of nitrogens with one attached hydrogen (secondary N) is 3. The third-order valence-corrected chi connectivity index (χ3v) is 6.64. The lowest BCUT2D eigenvalue weighted by Crippen LogP contribution is -2.54. The molecule has 172 valence electrons. The van der Waals surface area contributed by atoms with E-state index in [-0.39, 0.29) is 30.8 Å². The van der Waals surface area contributed by atoms with Crippen molar-refractivity contribution >= 4 is 17.6 Å². The number of aryl methyl sites for hydroxylation is 3. The molecule has 3 N–H and O–H groups in total. The van der Waals surface area contributed by atoms with Crippen molar-refractivity contribution in [1.82, 2.24) is 25.8 Å². The molecule has 2 aromatic rings. The van der Waals surface area contributed by atoms with E-state index in [1.54, 1.807) is 24.1 Å². The molecule has 0 spiro atoms. The van der Waals surface area contributed by atoms with E-state index >= 15 is 0 Å². The fourth-order valence-electron chi connectivity index (χ4n) is 4.59. The van der Waals surface area contributed by atoms with Gasteiger partial charge < -0.3 is 10.3 Å². The van der Waals surface area contributed by atoms with Gasteiger partial charge in [-0.3, -0.25) is 9.69 Å². The second-order valence-electron chi connectivity index (χ2n) is 8.89. The van der Waals surface area contributed by atoms with Crippen molar-refractivity contribution in [2.24, 2.45) is 0 Å². The van der Waals surface area contributed by atoms with Crippen LogP contribution in [-0.2, 0) is 4.79 Å². The van der Waals surface area contributed by atoms with Gasteiger partial charge in [0.05, 0.1) is 12.1 Å². The van der Waals surface area contributed by atoms with Crippen molar-refractivity contribution in [3.8, 4) is 0 Å². The average molecular weight is 451 g/mol. The number of nitrogens with zero attached hydrogens (tertiary/aromatic N) is 3. The summed E-state index contributed by atoms with van der Waals surface area (Å²) in [7, 11) is 0. The Morgan fingerprint density at radius 2 is 1.85 bits per heavy atom. The van der Waals surface area contributed by atoms with Gasteiger partial charge in [-0.15, -0.1) is 0 Å². The number of halogens is 1. The third kappa shape index (κ3) is 3.94. The molecule has 33 heavy (non-hydrogen) atoms. The van der Waals surface area contributed by atoms with Gasteiger partial charge in [-0.25, -0.2) is 25.0 Å². The first-order chi connectivity index (χ1) is 15.8. The highest BCUT2D eigenvalue weighted by Crippen LogP contribution is 2.35. The molecule has 2 saturated heterocycles. The number of amides is 3. The van der Waals surface area contributed by atoms with Crippen LogP contribution in [0.15, 0.2) is 48.8 Å². The molecule has 3 aliphatic heterocycles. The van der Waals surface area contributed by atoms with E-state index in [2.05, 4.69) is 48.2 Å². The van der Waals surface area contributed by atoms with E-state index in [0.717, 1.165) is 12.0 Å². The lowest BCUT2D eigenvalue weighted by Gasteiger charge is -2.34. The van der Waals surface area contributed by atoms with Crippen molar-refractivity contribution in [2.45, 2.75) is 45.4 Å². The Hall–Kier alpha value is -3.43. The number of carbonyl (C=O) groups is 2. The Morgan fingerprint density at radius 3 is 2.64 bits per heavy atom. The summed E-state index contributed by atoms with van der Waals surface area (Å²) in [5.41, 5.74) is 11.6. The molecule has 2 aromatic carbocycles. The summed E-state index contributed by atoms with van der Waals surface area (Å²) in [6.07, 6.45) is 4.09. The van der Waals surface area contributed by atoms with Crippen molar-refractivity contribution < 1.29 is 14.0 Å². The molecule has 9 heteroatoms. The molecule has 0 radical (unpaired) electrons. The first-order valence-corrected chi connectivity index (χ1v) is 11.0. The topological polar surface area (TPSA) is 80.0 Å². The first-order valence-electron chi connectivity index (χ1n) is 11.0. The van der Waals surface area contributed by atoms with Gasteiger partial charge in [0.25, 0.3) is 0 Å². The van der Waals surface area contributed by atoms with E-state index in [9.17, 15) is 14.0 Å². The van der Waals surface area contributed by atoms with Crippen LogP contribution in [0.25, 0.3) is 0 Å². The minimum Gasteiger partial charge on any atom is -0.324 e. The molecule has 0 bridgehead atoms. The Bertz CT molecular complexity index is 1150. The summed E-state index contributed by atoms with van der Waals surface area (Å²) >= 11 is 0. The number of carbonyl (C=O) groups excluding carboxylic acids is 2. The maximum absolute atomic E-state index is 13.5. The van der Waals surface area contributed by atoms with E-state index in [1.807, 2.05) is 11.2 Å². The molecule has 3 heterocycles. The molecule has 3 unspecified atom stereocenters. The van der Waals surface area contributed by atoms with E-state index in [0.29, 0.717) is 5.69 Å². The van der Waals surface area contributed by atoms with Crippen LogP contribution in [0.5, 0.6) is 0 Å². The molecule has 3 aliphatic rings. The number of hydrazine groups is 2. The van der Waals surface area contributed by atoms with Gasteiger partial charge in [-0.05, 0) is 61.6 Å². The number of anilines is 1. The predicted molar refractivity (Wildman–Crippen MR) is 122 cm³/mol. The molecule has 0 saturated carbocycles. The van der Waals surface area contributed by atoms with Crippen LogP contribution < -0.4 is 16.2 Å². The number of urea groups is 1. The predicted octanol–water partition coefficient (Wildman–Crippen LogP) is 3.06. The lowest BCUT2D eigenvalue weighted by molar-refractivity contribution is -0.117. The van der Waals surface area contributed by atoms with Crippen molar-refractivity contribution in [2.75, 3.05) is 11.9 Å². The molecule has 8 nitrogen and oxygen atoms in total. The zero-order valence-corrected chi connectivity index (χ0v) is 18.8. The highest BCUT2D eigenvalue weighted by atomic mass is 19.1. The minimum absolute atomic E-state index is 0.00378. The summed E-state index contributed by atoms with van der Waals surface area (Å²) in [6.45, 7) is 5.80. The number of hydrogen-bond acceptors (Lipinski definition) is 5. The zero-order valence-electron chi connectivity index (χ0n) is 18.8. The van der Waals surface area contributed by atoms with E-state index in [4.69, 9.17) is 0 Å². The van der Waals surface area contributed by atoms with Crippen molar-refractivity contribution in [3.63, 3.8) is 0 Å². The maximum atomic E-state index is 13.5. The average Bonchev–Trinajstić information content (AvgIpc) is 3.34. The van der Waals surface area contributed by atoms with Gasteiger partial charge in [-0.2, -0.15) is 0 Å². The Morgan fingerprint density at radius 1 is 1.06 bits per heavy atom. The summed E-state index contributed by atoms with van der Waals surface area (Å²) in [5.74, 6) is -0.830. The number of fused-ring (bicyclic) bond motifs is 3. The molecule has 3 amide bonds. The summed E-state index contributed by atoms with van der Waals surface area (Å²) in [4.78, 5) is 27.1. The first kappa shape index (κ1) is 21.4.